The highest BCUT2D eigenvalue weighted by Crippen LogP contribution is 2.62. The van der Waals surface area contributed by atoms with Crippen LogP contribution in [0.3, 0.4) is 0 Å². The van der Waals surface area contributed by atoms with Crippen LogP contribution in [0.1, 0.15) is 392 Å². The van der Waals surface area contributed by atoms with E-state index < -0.39 is 0 Å². The Bertz CT molecular complexity index is 2990. The van der Waals surface area contributed by atoms with Crippen molar-refractivity contribution >= 4 is 0 Å². The smallest absolute Gasteiger partial charge is 0.0208 e. The predicted molar refractivity (Wildman–Crippen MR) is 454 cm³/mol. The van der Waals surface area contributed by atoms with Crippen LogP contribution < -0.4 is 10.6 Å². The largest absolute Gasteiger partial charge is 0.309 e. The van der Waals surface area contributed by atoms with E-state index in [1.54, 1.807) is 33.4 Å². The zero-order valence-corrected chi connectivity index (χ0v) is 72.7. The molecule has 0 heterocycles. The summed E-state index contributed by atoms with van der Waals surface area (Å²) in [5, 5.41) is 7.29. The average molecular weight is 1400 g/mol. The summed E-state index contributed by atoms with van der Waals surface area (Å²) in [7, 11) is 0. The lowest BCUT2D eigenvalue weighted by Gasteiger charge is -2.28. The second-order valence-electron chi connectivity index (χ2n) is 41.1. The molecule has 0 bridgehead atoms. The van der Waals surface area contributed by atoms with Crippen molar-refractivity contribution in [1.82, 2.24) is 10.6 Å². The fraction of sp³-hybridized carbons (Fsp3) is 0.760. The molecule has 578 valence electrons. The van der Waals surface area contributed by atoms with Crippen LogP contribution in [-0.2, 0) is 45.3 Å². The first-order chi connectivity index (χ1) is 47.8. The molecule has 4 aromatic carbocycles. The number of nitrogens with one attached hydrogen (secondary N) is 2. The summed E-state index contributed by atoms with van der Waals surface area (Å²) >= 11 is 0. The van der Waals surface area contributed by atoms with Crippen LogP contribution in [0.4, 0.5) is 0 Å². The molecule has 0 radical (unpaired) electrons. The Balaban J connectivity index is 0.000000191. The van der Waals surface area contributed by atoms with Gasteiger partial charge in [0.25, 0.3) is 0 Å². The monoisotopic (exact) mass is 1400 g/mol. The third-order valence-electron chi connectivity index (χ3n) is 25.7. The molecule has 0 spiro atoms. The first kappa shape index (κ1) is 87.7. The summed E-state index contributed by atoms with van der Waals surface area (Å²) < 4.78 is 0. The van der Waals surface area contributed by atoms with Gasteiger partial charge < -0.3 is 10.6 Å². The Morgan fingerprint density at radius 2 is 0.686 bits per heavy atom. The van der Waals surface area contributed by atoms with E-state index in [9.17, 15) is 0 Å². The normalized spacial score (nSPS) is 19.9. The number of aryl methyl sites for hydroxylation is 1. The van der Waals surface area contributed by atoms with Gasteiger partial charge in [-0.1, -0.05) is 310 Å². The summed E-state index contributed by atoms with van der Waals surface area (Å²) in [4.78, 5) is 0. The number of rotatable bonds is 31. The van der Waals surface area contributed by atoms with Gasteiger partial charge in [-0.25, -0.2) is 0 Å². The van der Waals surface area contributed by atoms with Crippen LogP contribution in [0.15, 0.2) is 97.1 Å². The van der Waals surface area contributed by atoms with Gasteiger partial charge in [-0.05, 0) is 296 Å². The second-order valence-corrected chi connectivity index (χ2v) is 41.1. The Kier molecular flexibility index (Phi) is 32.9. The van der Waals surface area contributed by atoms with Gasteiger partial charge in [-0.3, -0.25) is 0 Å². The fourth-order valence-electron chi connectivity index (χ4n) is 18.6. The molecule has 8 fully saturated rings. The van der Waals surface area contributed by atoms with E-state index in [0.29, 0.717) is 55.7 Å². The maximum absolute atomic E-state index is 3.66. The molecule has 4 aromatic rings. The Labute approximate surface area is 635 Å². The molecule has 0 saturated heterocycles. The zero-order valence-electron chi connectivity index (χ0n) is 72.7. The minimum atomic E-state index is 0.517. The molecule has 2 heteroatoms. The first-order valence-corrected chi connectivity index (χ1v) is 43.7. The molecule has 102 heavy (non-hydrogen) atoms. The van der Waals surface area contributed by atoms with E-state index in [2.05, 4.69) is 302 Å². The highest BCUT2D eigenvalue weighted by Gasteiger charge is 2.54. The van der Waals surface area contributed by atoms with E-state index in [0.717, 1.165) is 71.0 Å². The van der Waals surface area contributed by atoms with Gasteiger partial charge in [0.05, 0.1) is 0 Å². The second kappa shape index (κ2) is 38.2. The Hall–Kier alpha value is -3.20. The van der Waals surface area contributed by atoms with Crippen molar-refractivity contribution in [2.45, 2.75) is 416 Å². The van der Waals surface area contributed by atoms with Gasteiger partial charge in [0.2, 0.25) is 0 Å². The van der Waals surface area contributed by atoms with Crippen LogP contribution in [0.25, 0.3) is 0 Å². The lowest BCUT2D eigenvalue weighted by Crippen LogP contribution is -2.40. The fourth-order valence-corrected chi connectivity index (χ4v) is 18.6. The molecule has 0 amide bonds. The molecule has 0 aromatic heterocycles. The molecule has 0 unspecified atom stereocenters. The maximum Gasteiger partial charge on any atom is 0.0208 e. The van der Waals surface area contributed by atoms with Crippen LogP contribution in [0.5, 0.6) is 0 Å². The summed E-state index contributed by atoms with van der Waals surface area (Å²) in [6.45, 7) is 65.0. The van der Waals surface area contributed by atoms with Crippen molar-refractivity contribution in [3.8, 4) is 0 Å². The summed E-state index contributed by atoms with van der Waals surface area (Å²) in [6, 6.07) is 39.1. The highest BCUT2D eigenvalue weighted by atomic mass is 15.1. The third kappa shape index (κ3) is 26.6. The van der Waals surface area contributed by atoms with Crippen molar-refractivity contribution in [3.63, 3.8) is 0 Å². The van der Waals surface area contributed by atoms with Crippen LogP contribution >= 0.6 is 0 Å². The highest BCUT2D eigenvalue weighted by molar-refractivity contribution is 5.47. The predicted octanol–water partition coefficient (Wildman–Crippen LogP) is 29.0. The number of hydrogen-bond acceptors (Lipinski definition) is 2. The van der Waals surface area contributed by atoms with Crippen molar-refractivity contribution in [2.75, 3.05) is 0 Å². The summed E-state index contributed by atoms with van der Waals surface area (Å²) in [5.74, 6) is 9.76. The van der Waals surface area contributed by atoms with Crippen molar-refractivity contribution < 1.29 is 0 Å². The number of benzene rings is 4. The Morgan fingerprint density at radius 1 is 0.284 bits per heavy atom. The summed E-state index contributed by atoms with van der Waals surface area (Å²) in [5.41, 5.74) is 17.1. The molecule has 0 aliphatic heterocycles. The van der Waals surface area contributed by atoms with E-state index in [-0.39, 0.29) is 0 Å². The SMILES string of the molecule is CC(C)CC1(NC(C)C)CC1.CC(C)CC1(c2ccc(C3(C(C)C)CC3)cc2)CC1.CC(C)CC1(c2cccc(C3(C(C)C)CC3)c2)CC1.CC(C)CC1(c2ccccc2C2(C(C)C)CC2)CC1.CC(C)CCCC(C)C.CC(C)CCc1cccc(CC(C)C)c1.CC(C)NC1(C(C)C)CC1. The van der Waals surface area contributed by atoms with E-state index in [4.69, 9.17) is 0 Å². The standard InChI is InChI=1S/3C19H28.C15H24.C10H21N.C9H19N.C9H20/c1-14(2)13-18(9-10-18)16-5-7-17(8-6-16)19(11-12-19)15(3)4;1-14(2)13-18(8-9-18)16-6-5-7-17(12-16)19(10-11-19)15(3)4;1-14(2)13-18(9-10-18)16-7-5-6-8-17(16)19(11-12-19)15(3)4;1-12(2)8-9-14-6-5-7-15(11-14)10-13(3)4;1-8(2)7-10(5-6-10)11-9(3)4;1-7(2)9(5-6-9)10-8(3)4;1-8(2)6-5-7-9(3)4/h5-8,14-15H,9-13H2,1-4H3;5-7,12,14-15H,8-11,13H2,1-4H3;5-8,14-15H,9-13H2,1-4H3;5-7,11-13H,8-10H2,1-4H3;8-9,11H,5-7H2,1-4H3;7-8,10H,5-6H2,1-4H3;8-9H,5-7H2,1-4H3. The molecule has 0 atom stereocenters. The van der Waals surface area contributed by atoms with E-state index in [1.165, 1.54) is 178 Å². The van der Waals surface area contributed by atoms with Crippen LogP contribution in [0, 0.1) is 71.0 Å². The average Bonchev–Trinajstić information content (AvgIpc) is 1.54. The van der Waals surface area contributed by atoms with Gasteiger partial charge in [-0.2, -0.15) is 0 Å². The van der Waals surface area contributed by atoms with Crippen molar-refractivity contribution in [2.24, 2.45) is 71.0 Å². The Morgan fingerprint density at radius 3 is 1.06 bits per heavy atom. The quantitative estimate of drug-likeness (QED) is 0.0525. The molecule has 12 rings (SSSR count). The zero-order chi connectivity index (χ0) is 75.8. The lowest BCUT2D eigenvalue weighted by molar-refractivity contribution is 0.351. The molecule has 2 nitrogen and oxygen atoms in total. The van der Waals surface area contributed by atoms with Gasteiger partial charge in [-0.15, -0.1) is 0 Å². The molecular weight excluding hydrogens is 1230 g/mol. The van der Waals surface area contributed by atoms with Crippen LogP contribution in [0.2, 0.25) is 0 Å². The molecule has 2 N–H and O–H groups in total. The van der Waals surface area contributed by atoms with Gasteiger partial charge >= 0.3 is 0 Å². The third-order valence-corrected chi connectivity index (χ3v) is 25.7. The maximum atomic E-state index is 3.66. The lowest BCUT2D eigenvalue weighted by atomic mass is 9.76. The topological polar surface area (TPSA) is 24.1 Å². The molecule has 8 aliphatic rings. The summed E-state index contributed by atoms with van der Waals surface area (Å²) in [6.07, 6.45) is 35.8. The minimum Gasteiger partial charge on any atom is -0.309 e. The van der Waals surface area contributed by atoms with Gasteiger partial charge in [0.1, 0.15) is 0 Å². The first-order valence-electron chi connectivity index (χ1n) is 43.7. The minimum absolute atomic E-state index is 0.517. The van der Waals surface area contributed by atoms with Gasteiger partial charge in [0, 0.05) is 23.2 Å². The van der Waals surface area contributed by atoms with Gasteiger partial charge in [0.15, 0.2) is 0 Å². The van der Waals surface area contributed by atoms with Crippen molar-refractivity contribution in [3.05, 3.63) is 142 Å². The number of hydrogen-bond donors (Lipinski definition) is 2. The van der Waals surface area contributed by atoms with Crippen LogP contribution in [-0.4, -0.2) is 23.2 Å². The van der Waals surface area contributed by atoms with E-state index >= 15 is 0 Å². The molecule has 8 saturated carbocycles. The van der Waals surface area contributed by atoms with Crippen molar-refractivity contribution in [1.29, 1.82) is 0 Å². The molecular formula is C100H168N2. The molecule has 8 aliphatic carbocycles. The van der Waals surface area contributed by atoms with E-state index in [1.807, 2.05) is 0 Å².